The fourth-order valence-electron chi connectivity index (χ4n) is 1.45. The average molecular weight is 177 g/mol. The number of hydrogen-bond acceptors (Lipinski definition) is 2. The van der Waals surface area contributed by atoms with Crippen molar-refractivity contribution in [3.63, 3.8) is 0 Å². The van der Waals surface area contributed by atoms with E-state index in [1.54, 1.807) is 11.3 Å². The van der Waals surface area contributed by atoms with Crippen LogP contribution < -0.4 is 0 Å². The minimum absolute atomic E-state index is 1.11. The van der Waals surface area contributed by atoms with Crippen molar-refractivity contribution < 1.29 is 0 Å². The van der Waals surface area contributed by atoms with Gasteiger partial charge >= 0.3 is 0 Å². The molecule has 1 nitrogen and oxygen atoms in total. The van der Waals surface area contributed by atoms with Crippen LogP contribution in [0.15, 0.2) is 12.1 Å². The third-order valence-corrected chi connectivity index (χ3v) is 2.91. The van der Waals surface area contributed by atoms with Crippen molar-refractivity contribution in [3.05, 3.63) is 28.3 Å². The van der Waals surface area contributed by atoms with Crippen LogP contribution in [0.1, 0.15) is 16.1 Å². The van der Waals surface area contributed by atoms with Gasteiger partial charge in [0.2, 0.25) is 0 Å². The Bertz CT molecular complexity index is 429. The fourth-order valence-corrected chi connectivity index (χ4v) is 2.45. The number of fused-ring (bicyclic) bond motifs is 1. The van der Waals surface area contributed by atoms with Gasteiger partial charge in [-0.2, -0.15) is 0 Å². The molecule has 0 saturated heterocycles. The van der Waals surface area contributed by atoms with E-state index < -0.39 is 0 Å². The second-order valence-electron chi connectivity index (χ2n) is 3.16. The third kappa shape index (κ3) is 1.12. The molecule has 0 amide bonds. The lowest BCUT2D eigenvalue weighted by molar-refractivity contribution is 1.25. The zero-order valence-corrected chi connectivity index (χ0v) is 8.33. The molecule has 0 saturated carbocycles. The van der Waals surface area contributed by atoms with Crippen LogP contribution in [0.25, 0.3) is 10.2 Å². The van der Waals surface area contributed by atoms with Crippen molar-refractivity contribution in [3.8, 4) is 0 Å². The number of aryl methyl sites for hydroxylation is 3. The Balaban J connectivity index is 2.88. The summed E-state index contributed by atoms with van der Waals surface area (Å²) in [5.74, 6) is 0. The molecule has 12 heavy (non-hydrogen) atoms. The number of rotatable bonds is 0. The summed E-state index contributed by atoms with van der Waals surface area (Å²) in [7, 11) is 0. The van der Waals surface area contributed by atoms with E-state index in [-0.39, 0.29) is 0 Å². The van der Waals surface area contributed by atoms with Gasteiger partial charge in [-0.05, 0) is 38.5 Å². The van der Waals surface area contributed by atoms with Gasteiger partial charge in [0.1, 0.15) is 4.83 Å². The SMILES string of the molecule is Cc1cc(C)c2cc(C)sc2n1. The second kappa shape index (κ2) is 2.56. The summed E-state index contributed by atoms with van der Waals surface area (Å²) in [5, 5.41) is 1.31. The van der Waals surface area contributed by atoms with Gasteiger partial charge in [-0.1, -0.05) is 0 Å². The molecular formula is C10H11NS. The van der Waals surface area contributed by atoms with Gasteiger partial charge in [-0.3, -0.25) is 0 Å². The Labute approximate surface area is 76.1 Å². The molecule has 2 heterocycles. The molecule has 0 aliphatic rings. The fraction of sp³-hybridized carbons (Fsp3) is 0.300. The normalized spacial score (nSPS) is 10.9. The first kappa shape index (κ1) is 7.74. The monoisotopic (exact) mass is 177 g/mol. The number of aromatic nitrogens is 1. The molecule has 2 rings (SSSR count). The second-order valence-corrected chi connectivity index (χ2v) is 4.39. The molecule has 62 valence electrons. The van der Waals surface area contributed by atoms with Crippen molar-refractivity contribution in [2.24, 2.45) is 0 Å². The maximum Gasteiger partial charge on any atom is 0.124 e. The van der Waals surface area contributed by atoms with Gasteiger partial charge < -0.3 is 0 Å². The summed E-state index contributed by atoms with van der Waals surface area (Å²) in [6, 6.07) is 4.34. The van der Waals surface area contributed by atoms with E-state index in [1.165, 1.54) is 20.7 Å². The van der Waals surface area contributed by atoms with E-state index in [2.05, 4.69) is 31.0 Å². The summed E-state index contributed by atoms with van der Waals surface area (Å²) in [4.78, 5) is 6.99. The highest BCUT2D eigenvalue weighted by Gasteiger charge is 2.02. The van der Waals surface area contributed by atoms with Gasteiger partial charge in [0.15, 0.2) is 0 Å². The smallest absolute Gasteiger partial charge is 0.124 e. The highest BCUT2D eigenvalue weighted by Crippen LogP contribution is 2.26. The maximum atomic E-state index is 4.48. The molecule has 2 aromatic heterocycles. The van der Waals surface area contributed by atoms with Gasteiger partial charge in [0, 0.05) is 16.0 Å². The molecular weight excluding hydrogens is 166 g/mol. The molecule has 0 aromatic carbocycles. The zero-order chi connectivity index (χ0) is 8.72. The lowest BCUT2D eigenvalue weighted by Crippen LogP contribution is -1.81. The largest absolute Gasteiger partial charge is 0.242 e. The number of pyridine rings is 1. The Morgan fingerprint density at radius 3 is 2.67 bits per heavy atom. The Kier molecular flexibility index (Phi) is 1.65. The number of nitrogens with zero attached hydrogens (tertiary/aromatic N) is 1. The van der Waals surface area contributed by atoms with Crippen molar-refractivity contribution in [1.82, 2.24) is 4.98 Å². The van der Waals surface area contributed by atoms with E-state index in [1.807, 2.05) is 6.92 Å². The lowest BCUT2D eigenvalue weighted by Gasteiger charge is -1.96. The van der Waals surface area contributed by atoms with E-state index in [4.69, 9.17) is 0 Å². The van der Waals surface area contributed by atoms with Crippen molar-refractivity contribution in [2.45, 2.75) is 20.8 Å². The maximum absolute atomic E-state index is 4.48. The Morgan fingerprint density at radius 2 is 1.92 bits per heavy atom. The first-order chi connectivity index (χ1) is 5.66. The van der Waals surface area contributed by atoms with Crippen LogP contribution in [0.5, 0.6) is 0 Å². The van der Waals surface area contributed by atoms with Crippen LogP contribution in [-0.4, -0.2) is 4.98 Å². The van der Waals surface area contributed by atoms with Crippen LogP contribution in [-0.2, 0) is 0 Å². The minimum Gasteiger partial charge on any atom is -0.242 e. The van der Waals surface area contributed by atoms with Crippen LogP contribution in [0.4, 0.5) is 0 Å². The van der Waals surface area contributed by atoms with E-state index in [9.17, 15) is 0 Å². The molecule has 0 aliphatic carbocycles. The predicted molar refractivity (Wildman–Crippen MR) is 53.8 cm³/mol. The molecule has 0 fully saturated rings. The number of thiophene rings is 1. The summed E-state index contributed by atoms with van der Waals surface area (Å²) in [6.45, 7) is 6.31. The highest BCUT2D eigenvalue weighted by molar-refractivity contribution is 7.18. The van der Waals surface area contributed by atoms with E-state index in [0.717, 1.165) is 5.69 Å². The zero-order valence-electron chi connectivity index (χ0n) is 7.51. The molecule has 0 atom stereocenters. The summed E-state index contributed by atoms with van der Waals surface area (Å²) in [6.07, 6.45) is 0. The number of hydrogen-bond donors (Lipinski definition) is 0. The summed E-state index contributed by atoms with van der Waals surface area (Å²) in [5.41, 5.74) is 2.45. The Morgan fingerprint density at radius 1 is 1.17 bits per heavy atom. The molecule has 0 aliphatic heterocycles. The lowest BCUT2D eigenvalue weighted by atomic mass is 10.2. The van der Waals surface area contributed by atoms with E-state index in [0.29, 0.717) is 0 Å². The van der Waals surface area contributed by atoms with Gasteiger partial charge in [-0.15, -0.1) is 11.3 Å². The van der Waals surface area contributed by atoms with Crippen LogP contribution >= 0.6 is 11.3 Å². The van der Waals surface area contributed by atoms with Crippen molar-refractivity contribution in [1.29, 1.82) is 0 Å². The third-order valence-electron chi connectivity index (χ3n) is 1.96. The van der Waals surface area contributed by atoms with Crippen LogP contribution in [0, 0.1) is 20.8 Å². The van der Waals surface area contributed by atoms with Gasteiger partial charge in [0.25, 0.3) is 0 Å². The standard InChI is InChI=1S/C10H11NS/c1-6-4-7(2)11-10-9(6)5-8(3)12-10/h4-5H,1-3H3. The van der Waals surface area contributed by atoms with Gasteiger partial charge in [-0.25, -0.2) is 4.98 Å². The molecule has 0 radical (unpaired) electrons. The predicted octanol–water partition coefficient (Wildman–Crippen LogP) is 3.22. The molecule has 0 unspecified atom stereocenters. The van der Waals surface area contributed by atoms with Crippen LogP contribution in [0.3, 0.4) is 0 Å². The Hall–Kier alpha value is -0.890. The molecule has 0 bridgehead atoms. The minimum atomic E-state index is 1.11. The first-order valence-corrected chi connectivity index (χ1v) is 4.83. The summed E-state index contributed by atoms with van der Waals surface area (Å²) >= 11 is 1.77. The van der Waals surface area contributed by atoms with Crippen LogP contribution in [0.2, 0.25) is 0 Å². The first-order valence-electron chi connectivity index (χ1n) is 4.01. The topological polar surface area (TPSA) is 12.9 Å². The molecule has 0 N–H and O–H groups in total. The quantitative estimate of drug-likeness (QED) is 0.602. The molecule has 0 spiro atoms. The average Bonchev–Trinajstić information content (AvgIpc) is 2.29. The molecule has 2 heteroatoms. The van der Waals surface area contributed by atoms with Gasteiger partial charge in [0.05, 0.1) is 0 Å². The van der Waals surface area contributed by atoms with E-state index >= 15 is 0 Å². The highest BCUT2D eigenvalue weighted by atomic mass is 32.1. The van der Waals surface area contributed by atoms with Crippen molar-refractivity contribution >= 4 is 21.6 Å². The molecule has 2 aromatic rings. The summed E-state index contributed by atoms with van der Waals surface area (Å²) < 4.78 is 0. The van der Waals surface area contributed by atoms with Crippen molar-refractivity contribution in [2.75, 3.05) is 0 Å².